The highest BCUT2D eigenvalue weighted by Gasteiger charge is 2.51. The molecule has 7 heteroatoms. The Morgan fingerprint density at radius 3 is 2.24 bits per heavy atom. The lowest BCUT2D eigenvalue weighted by atomic mass is 9.79. The van der Waals surface area contributed by atoms with Crippen LogP contribution in [0.25, 0.3) is 0 Å². The molecule has 0 bridgehead atoms. The molecular formula is C18H20BFN2O3. The molecule has 5 nitrogen and oxygen atoms in total. The summed E-state index contributed by atoms with van der Waals surface area (Å²) in [4.78, 5) is 15.7. The third-order valence-electron chi connectivity index (χ3n) is 4.71. The zero-order valence-electron chi connectivity index (χ0n) is 14.7. The molecule has 2 heterocycles. The first-order chi connectivity index (χ1) is 11.7. The molecule has 0 unspecified atom stereocenters. The highest BCUT2D eigenvalue weighted by atomic mass is 19.1. The van der Waals surface area contributed by atoms with E-state index in [4.69, 9.17) is 9.31 Å². The Hall–Kier alpha value is -2.25. The topological polar surface area (TPSA) is 60.5 Å². The van der Waals surface area contributed by atoms with Gasteiger partial charge >= 0.3 is 7.12 Å². The number of amides is 1. The molecule has 1 saturated heterocycles. The van der Waals surface area contributed by atoms with Crippen molar-refractivity contribution in [2.45, 2.75) is 38.9 Å². The number of nitrogens with one attached hydrogen (secondary N) is 1. The fourth-order valence-electron chi connectivity index (χ4n) is 2.46. The first-order valence-corrected chi connectivity index (χ1v) is 8.06. The summed E-state index contributed by atoms with van der Waals surface area (Å²) in [6.45, 7) is 7.96. The fourth-order valence-corrected chi connectivity index (χ4v) is 2.46. The summed E-state index contributed by atoms with van der Waals surface area (Å²) >= 11 is 0. The fraction of sp³-hybridized carbons (Fsp3) is 0.333. The molecule has 0 atom stereocenters. The van der Waals surface area contributed by atoms with Gasteiger partial charge in [-0.15, -0.1) is 0 Å². The molecule has 2 aromatic rings. The van der Waals surface area contributed by atoms with Gasteiger partial charge in [0.1, 0.15) is 0 Å². The molecule has 1 fully saturated rings. The first kappa shape index (κ1) is 17.6. The van der Waals surface area contributed by atoms with Crippen LogP contribution in [0.4, 0.5) is 10.1 Å². The number of pyridine rings is 1. The molecule has 0 saturated carbocycles. The third-order valence-corrected chi connectivity index (χ3v) is 4.71. The first-order valence-electron chi connectivity index (χ1n) is 8.06. The Bertz CT molecular complexity index is 777. The van der Waals surface area contributed by atoms with Gasteiger partial charge in [-0.1, -0.05) is 12.1 Å². The van der Waals surface area contributed by atoms with Crippen molar-refractivity contribution in [3.63, 3.8) is 0 Å². The lowest BCUT2D eigenvalue weighted by Gasteiger charge is -2.32. The summed E-state index contributed by atoms with van der Waals surface area (Å²) in [5.41, 5.74) is 0.533. The van der Waals surface area contributed by atoms with Gasteiger partial charge in [0.25, 0.3) is 5.91 Å². The number of halogens is 1. The zero-order valence-corrected chi connectivity index (χ0v) is 14.7. The van der Waals surface area contributed by atoms with Crippen LogP contribution in [-0.2, 0) is 9.31 Å². The zero-order chi connectivity index (χ0) is 18.2. The van der Waals surface area contributed by atoms with Gasteiger partial charge in [0.15, 0.2) is 5.82 Å². The van der Waals surface area contributed by atoms with Gasteiger partial charge in [0.05, 0.1) is 23.0 Å². The maximum Gasteiger partial charge on any atom is 0.494 e. The summed E-state index contributed by atoms with van der Waals surface area (Å²) in [5, 5.41) is 2.66. The molecule has 1 aromatic heterocycles. The van der Waals surface area contributed by atoms with Crippen LogP contribution in [0.5, 0.6) is 0 Å². The Kier molecular flexibility index (Phi) is 4.39. The second-order valence-corrected chi connectivity index (χ2v) is 7.02. The van der Waals surface area contributed by atoms with Crippen molar-refractivity contribution in [3.05, 3.63) is 54.1 Å². The second-order valence-electron chi connectivity index (χ2n) is 7.02. The molecule has 0 aliphatic carbocycles. The maximum absolute atomic E-state index is 13.6. The summed E-state index contributed by atoms with van der Waals surface area (Å²) in [6, 6.07) is 8.44. The van der Waals surface area contributed by atoms with E-state index in [1.165, 1.54) is 12.3 Å². The van der Waals surface area contributed by atoms with E-state index in [0.29, 0.717) is 5.69 Å². The SMILES string of the molecule is CC1(C)OB(c2ccc(NC(=O)c3ccncc3F)cc2)OC1(C)C. The average molecular weight is 342 g/mol. The van der Waals surface area contributed by atoms with Crippen molar-refractivity contribution in [1.82, 2.24) is 4.98 Å². The van der Waals surface area contributed by atoms with Gasteiger partial charge in [0, 0.05) is 11.9 Å². The lowest BCUT2D eigenvalue weighted by molar-refractivity contribution is 0.00578. The van der Waals surface area contributed by atoms with E-state index in [0.717, 1.165) is 11.7 Å². The van der Waals surface area contributed by atoms with E-state index >= 15 is 0 Å². The van der Waals surface area contributed by atoms with E-state index in [-0.39, 0.29) is 5.56 Å². The molecule has 0 radical (unpaired) electrons. The van der Waals surface area contributed by atoms with Gasteiger partial charge in [0.2, 0.25) is 0 Å². The van der Waals surface area contributed by atoms with Crippen molar-refractivity contribution in [2.75, 3.05) is 5.32 Å². The lowest BCUT2D eigenvalue weighted by Crippen LogP contribution is -2.41. The number of carbonyl (C=O) groups excluding carboxylic acids is 1. The number of anilines is 1. The van der Waals surface area contributed by atoms with Gasteiger partial charge in [-0.3, -0.25) is 9.78 Å². The Labute approximate surface area is 146 Å². The Balaban J connectivity index is 1.71. The molecular weight excluding hydrogens is 322 g/mol. The van der Waals surface area contributed by atoms with Crippen molar-refractivity contribution in [2.24, 2.45) is 0 Å². The quantitative estimate of drug-likeness (QED) is 0.872. The van der Waals surface area contributed by atoms with E-state index in [9.17, 15) is 9.18 Å². The molecule has 1 aromatic carbocycles. The molecule has 0 spiro atoms. The second kappa shape index (κ2) is 6.24. The maximum atomic E-state index is 13.6. The monoisotopic (exact) mass is 342 g/mol. The highest BCUT2D eigenvalue weighted by Crippen LogP contribution is 2.36. The number of rotatable bonds is 3. The predicted octanol–water partition coefficient (Wildman–Crippen LogP) is 2.77. The number of aromatic nitrogens is 1. The van der Waals surface area contributed by atoms with Crippen LogP contribution in [0.15, 0.2) is 42.7 Å². The smallest absolute Gasteiger partial charge is 0.399 e. The van der Waals surface area contributed by atoms with Crippen molar-refractivity contribution in [1.29, 1.82) is 0 Å². The average Bonchev–Trinajstić information content (AvgIpc) is 2.76. The number of nitrogens with zero attached hydrogens (tertiary/aromatic N) is 1. The van der Waals surface area contributed by atoms with Crippen LogP contribution in [0, 0.1) is 5.82 Å². The highest BCUT2D eigenvalue weighted by molar-refractivity contribution is 6.62. The van der Waals surface area contributed by atoms with E-state index in [2.05, 4.69) is 10.3 Å². The van der Waals surface area contributed by atoms with Crippen LogP contribution in [0.2, 0.25) is 0 Å². The van der Waals surface area contributed by atoms with Crippen molar-refractivity contribution < 1.29 is 18.5 Å². The number of hydrogen-bond acceptors (Lipinski definition) is 4. The van der Waals surface area contributed by atoms with Crippen LogP contribution in [0.1, 0.15) is 38.1 Å². The molecule has 1 aliphatic heterocycles. The Morgan fingerprint density at radius 2 is 1.68 bits per heavy atom. The van der Waals surface area contributed by atoms with E-state index in [1.807, 2.05) is 39.8 Å². The summed E-state index contributed by atoms with van der Waals surface area (Å²) in [5.74, 6) is -1.18. The largest absolute Gasteiger partial charge is 0.494 e. The minimum atomic E-state index is -0.658. The molecule has 1 N–H and O–H groups in total. The van der Waals surface area contributed by atoms with Gasteiger partial charge in [-0.2, -0.15) is 0 Å². The van der Waals surface area contributed by atoms with Crippen LogP contribution in [0.3, 0.4) is 0 Å². The standard InChI is InChI=1S/C18H20BFN2O3/c1-17(2)18(3,4)25-19(24-17)12-5-7-13(8-6-12)22-16(23)14-9-10-21-11-15(14)20/h5-11H,1-4H3,(H,22,23). The summed E-state index contributed by atoms with van der Waals surface area (Å²) in [7, 11) is -0.465. The Morgan fingerprint density at radius 1 is 1.08 bits per heavy atom. The van der Waals surface area contributed by atoms with Crippen LogP contribution < -0.4 is 10.8 Å². The molecule has 1 amide bonds. The van der Waals surface area contributed by atoms with E-state index in [1.54, 1.807) is 12.1 Å². The van der Waals surface area contributed by atoms with Crippen LogP contribution >= 0.6 is 0 Å². The van der Waals surface area contributed by atoms with Crippen LogP contribution in [-0.4, -0.2) is 29.2 Å². The molecule has 25 heavy (non-hydrogen) atoms. The van der Waals surface area contributed by atoms with Gasteiger partial charge in [-0.05, 0) is 51.4 Å². The molecule has 130 valence electrons. The number of benzene rings is 1. The number of carbonyl (C=O) groups is 1. The van der Waals surface area contributed by atoms with Crippen molar-refractivity contribution in [3.8, 4) is 0 Å². The third kappa shape index (κ3) is 3.43. The number of hydrogen-bond donors (Lipinski definition) is 1. The van der Waals surface area contributed by atoms with E-state index < -0.39 is 30.0 Å². The molecule has 3 rings (SSSR count). The summed E-state index contributed by atoms with van der Waals surface area (Å²) in [6.07, 6.45) is 2.38. The minimum Gasteiger partial charge on any atom is -0.399 e. The van der Waals surface area contributed by atoms with Gasteiger partial charge in [-0.25, -0.2) is 4.39 Å². The minimum absolute atomic E-state index is 0.0509. The summed E-state index contributed by atoms with van der Waals surface area (Å²) < 4.78 is 25.6. The van der Waals surface area contributed by atoms with Gasteiger partial charge < -0.3 is 14.6 Å². The predicted molar refractivity (Wildman–Crippen MR) is 94.3 cm³/mol. The molecule has 1 aliphatic rings. The van der Waals surface area contributed by atoms with Crippen molar-refractivity contribution >= 4 is 24.2 Å². The normalized spacial score (nSPS) is 18.2.